The molecule has 0 bridgehead atoms. The second kappa shape index (κ2) is 6.15. The number of carbonyl (C=O) groups excluding carboxylic acids is 2. The Morgan fingerprint density at radius 1 is 1.00 bits per heavy atom. The minimum Gasteiger partial charge on any atom is -0.466 e. The van der Waals surface area contributed by atoms with Gasteiger partial charge in [-0.25, -0.2) is 9.59 Å². The SMILES string of the molecule is COC(=O)C=CC(OC)(OC)C(=O)OC. The molecule has 0 heterocycles. The van der Waals surface area contributed by atoms with Crippen molar-refractivity contribution in [1.82, 2.24) is 0 Å². The normalized spacial score (nSPS) is 11.5. The van der Waals surface area contributed by atoms with Gasteiger partial charge in [0.25, 0.3) is 5.79 Å². The minimum absolute atomic E-state index is 0.627. The van der Waals surface area contributed by atoms with Gasteiger partial charge in [-0.1, -0.05) is 0 Å². The van der Waals surface area contributed by atoms with Crippen LogP contribution in [0.1, 0.15) is 0 Å². The van der Waals surface area contributed by atoms with Crippen molar-refractivity contribution in [3.63, 3.8) is 0 Å². The zero-order valence-corrected chi connectivity index (χ0v) is 9.10. The lowest BCUT2D eigenvalue weighted by Gasteiger charge is -2.23. The molecular weight excluding hydrogens is 204 g/mol. The molecule has 0 fully saturated rings. The summed E-state index contributed by atoms with van der Waals surface area (Å²) in [5.41, 5.74) is 0. The highest BCUT2D eigenvalue weighted by atomic mass is 16.7. The fraction of sp³-hybridized carbons (Fsp3) is 0.556. The smallest absolute Gasteiger partial charge is 0.371 e. The first kappa shape index (κ1) is 13.6. The maximum atomic E-state index is 11.3. The molecule has 0 aromatic heterocycles. The molecule has 86 valence electrons. The van der Waals surface area contributed by atoms with Crippen LogP contribution in [0.2, 0.25) is 0 Å². The molecule has 0 atom stereocenters. The Morgan fingerprint density at radius 2 is 1.53 bits per heavy atom. The number of hydrogen-bond donors (Lipinski definition) is 0. The summed E-state index contributed by atoms with van der Waals surface area (Å²) < 4.78 is 18.5. The molecule has 0 amide bonds. The lowest BCUT2D eigenvalue weighted by atomic mass is 10.2. The maximum absolute atomic E-state index is 11.3. The summed E-state index contributed by atoms with van der Waals surface area (Å²) in [7, 11) is 4.90. The topological polar surface area (TPSA) is 71.1 Å². The summed E-state index contributed by atoms with van der Waals surface area (Å²) >= 11 is 0. The Kier molecular flexibility index (Phi) is 5.58. The third-order valence-corrected chi connectivity index (χ3v) is 1.72. The molecule has 0 radical (unpaired) electrons. The largest absolute Gasteiger partial charge is 0.466 e. The molecular formula is C9H14O6. The fourth-order valence-corrected chi connectivity index (χ4v) is 0.842. The van der Waals surface area contributed by atoms with Crippen LogP contribution >= 0.6 is 0 Å². The highest BCUT2D eigenvalue weighted by molar-refractivity contribution is 5.86. The highest BCUT2D eigenvalue weighted by Crippen LogP contribution is 2.15. The van der Waals surface area contributed by atoms with Gasteiger partial charge in [0.05, 0.1) is 14.2 Å². The summed E-state index contributed by atoms with van der Waals surface area (Å²) in [6.07, 6.45) is 2.13. The van der Waals surface area contributed by atoms with Crippen molar-refractivity contribution in [2.45, 2.75) is 5.79 Å². The first-order valence-corrected chi connectivity index (χ1v) is 4.02. The molecule has 0 aliphatic carbocycles. The van der Waals surface area contributed by atoms with Gasteiger partial charge in [0.15, 0.2) is 0 Å². The van der Waals surface area contributed by atoms with Gasteiger partial charge in [-0.2, -0.15) is 0 Å². The standard InChI is InChI=1S/C9H14O6/c1-12-7(10)5-6-9(14-3,15-4)8(11)13-2/h5-6H,1-4H3. The van der Waals surface area contributed by atoms with Crippen LogP contribution < -0.4 is 0 Å². The monoisotopic (exact) mass is 218 g/mol. The van der Waals surface area contributed by atoms with Crippen LogP contribution in [0.4, 0.5) is 0 Å². The molecule has 6 nitrogen and oxygen atoms in total. The molecule has 0 saturated heterocycles. The van der Waals surface area contributed by atoms with Crippen LogP contribution in [-0.4, -0.2) is 46.2 Å². The molecule has 0 aliphatic heterocycles. The van der Waals surface area contributed by atoms with Crippen LogP contribution in [0, 0.1) is 0 Å². The first-order valence-electron chi connectivity index (χ1n) is 4.02. The molecule has 0 rings (SSSR count). The van der Waals surface area contributed by atoms with Crippen LogP contribution in [0.15, 0.2) is 12.2 Å². The van der Waals surface area contributed by atoms with E-state index in [1.165, 1.54) is 28.4 Å². The zero-order chi connectivity index (χ0) is 11.9. The molecule has 0 N–H and O–H groups in total. The second-order valence-corrected chi connectivity index (χ2v) is 2.42. The number of esters is 2. The summed E-state index contributed by atoms with van der Waals surface area (Å²) in [6, 6.07) is 0. The molecule has 0 aliphatic rings. The molecule has 0 aromatic rings. The van der Waals surface area contributed by atoms with E-state index in [0.717, 1.165) is 12.2 Å². The quantitative estimate of drug-likeness (QED) is 0.364. The van der Waals surface area contributed by atoms with E-state index in [9.17, 15) is 9.59 Å². The van der Waals surface area contributed by atoms with E-state index in [0.29, 0.717) is 0 Å². The van der Waals surface area contributed by atoms with Crippen LogP contribution in [0.3, 0.4) is 0 Å². The van der Waals surface area contributed by atoms with E-state index in [2.05, 4.69) is 9.47 Å². The summed E-state index contributed by atoms with van der Waals surface area (Å²) in [4.78, 5) is 22.2. The molecule has 0 spiro atoms. The van der Waals surface area contributed by atoms with Gasteiger partial charge in [0, 0.05) is 20.3 Å². The van der Waals surface area contributed by atoms with Crippen molar-refractivity contribution < 1.29 is 28.5 Å². The van der Waals surface area contributed by atoms with Crippen molar-refractivity contribution >= 4 is 11.9 Å². The van der Waals surface area contributed by atoms with E-state index >= 15 is 0 Å². The van der Waals surface area contributed by atoms with Crippen molar-refractivity contribution in [3.05, 3.63) is 12.2 Å². The van der Waals surface area contributed by atoms with E-state index in [1.54, 1.807) is 0 Å². The molecule has 0 aromatic carbocycles. The number of ether oxygens (including phenoxy) is 4. The predicted octanol–water partition coefficient (Wildman–Crippen LogP) is -0.122. The first-order chi connectivity index (χ1) is 7.06. The number of carbonyl (C=O) groups is 2. The summed E-state index contributed by atoms with van der Waals surface area (Å²) in [5, 5.41) is 0. The van der Waals surface area contributed by atoms with Gasteiger partial charge in [0.1, 0.15) is 0 Å². The predicted molar refractivity (Wildman–Crippen MR) is 49.9 cm³/mol. The van der Waals surface area contributed by atoms with Crippen LogP contribution in [0.5, 0.6) is 0 Å². The molecule has 15 heavy (non-hydrogen) atoms. The van der Waals surface area contributed by atoms with Gasteiger partial charge in [-0.05, 0) is 6.08 Å². The Balaban J connectivity index is 4.87. The van der Waals surface area contributed by atoms with Crippen molar-refractivity contribution in [2.24, 2.45) is 0 Å². The van der Waals surface area contributed by atoms with Gasteiger partial charge >= 0.3 is 11.9 Å². The summed E-state index contributed by atoms with van der Waals surface area (Å²) in [5.74, 6) is -3.12. The molecule has 6 heteroatoms. The van der Waals surface area contributed by atoms with Crippen molar-refractivity contribution in [3.8, 4) is 0 Å². The lowest BCUT2D eigenvalue weighted by Crippen LogP contribution is -2.41. The van der Waals surface area contributed by atoms with Crippen molar-refractivity contribution in [2.75, 3.05) is 28.4 Å². The Hall–Kier alpha value is -1.40. The molecule has 0 saturated carbocycles. The zero-order valence-electron chi connectivity index (χ0n) is 9.10. The highest BCUT2D eigenvalue weighted by Gasteiger charge is 2.37. The van der Waals surface area contributed by atoms with Crippen LogP contribution in [0.25, 0.3) is 0 Å². The van der Waals surface area contributed by atoms with Gasteiger partial charge in [-0.3, -0.25) is 0 Å². The average molecular weight is 218 g/mol. The Morgan fingerprint density at radius 3 is 1.87 bits per heavy atom. The van der Waals surface area contributed by atoms with Crippen molar-refractivity contribution in [1.29, 1.82) is 0 Å². The Labute approximate surface area is 87.7 Å². The second-order valence-electron chi connectivity index (χ2n) is 2.42. The minimum atomic E-state index is -1.72. The van der Waals surface area contributed by atoms with E-state index in [4.69, 9.17) is 9.47 Å². The van der Waals surface area contributed by atoms with E-state index < -0.39 is 17.7 Å². The maximum Gasteiger partial charge on any atom is 0.371 e. The fourth-order valence-electron chi connectivity index (χ4n) is 0.842. The average Bonchev–Trinajstić information content (AvgIpc) is 2.29. The van der Waals surface area contributed by atoms with Crippen LogP contribution in [-0.2, 0) is 28.5 Å². The molecule has 0 unspecified atom stereocenters. The van der Waals surface area contributed by atoms with E-state index in [-0.39, 0.29) is 0 Å². The third kappa shape index (κ3) is 3.34. The van der Waals surface area contributed by atoms with Gasteiger partial charge in [0.2, 0.25) is 0 Å². The van der Waals surface area contributed by atoms with E-state index in [1.807, 2.05) is 0 Å². The lowest BCUT2D eigenvalue weighted by molar-refractivity contribution is -0.208. The third-order valence-electron chi connectivity index (χ3n) is 1.72. The number of hydrogen-bond acceptors (Lipinski definition) is 6. The summed E-state index contributed by atoms with van der Waals surface area (Å²) in [6.45, 7) is 0. The number of rotatable bonds is 5. The van der Waals surface area contributed by atoms with Gasteiger partial charge < -0.3 is 18.9 Å². The Bertz CT molecular complexity index is 253. The number of methoxy groups -OCH3 is 4. The van der Waals surface area contributed by atoms with Gasteiger partial charge in [-0.15, -0.1) is 0 Å².